The Hall–Kier alpha value is -5.84. The summed E-state index contributed by atoms with van der Waals surface area (Å²) in [5.74, 6) is -0.753. The number of para-hydroxylation sites is 1. The number of Topliss-reactive ketones (excluding diaryl/α,β-unsaturated/α-hetero) is 1. The third-order valence-electron chi connectivity index (χ3n) is 8.02. The molecule has 4 aromatic rings. The molecule has 46 heavy (non-hydrogen) atoms. The summed E-state index contributed by atoms with van der Waals surface area (Å²) in [6.45, 7) is 1.54. The van der Waals surface area contributed by atoms with E-state index in [9.17, 15) is 19.2 Å². The lowest BCUT2D eigenvalue weighted by molar-refractivity contribution is -0.139. The smallest absolute Gasteiger partial charge is 0.299 e. The van der Waals surface area contributed by atoms with Gasteiger partial charge in [0, 0.05) is 18.3 Å². The van der Waals surface area contributed by atoms with E-state index in [1.165, 1.54) is 19.1 Å². The second-order valence-corrected chi connectivity index (χ2v) is 10.8. The molecule has 0 radical (unpaired) electrons. The zero-order valence-corrected chi connectivity index (χ0v) is 25.4. The third-order valence-corrected chi connectivity index (χ3v) is 8.02. The first kappa shape index (κ1) is 30.2. The minimum Gasteiger partial charge on any atom is -0.493 e. The second kappa shape index (κ2) is 12.6. The monoisotopic (exact) mass is 621 g/mol. The Morgan fingerprint density at radius 3 is 2.41 bits per heavy atom. The molecular formula is C35H31N3O8. The number of ketones is 1. The van der Waals surface area contributed by atoms with E-state index in [1.54, 1.807) is 60.7 Å². The Bertz CT molecular complexity index is 1860. The molecular weight excluding hydrogens is 590 g/mol. The summed E-state index contributed by atoms with van der Waals surface area (Å²) < 4.78 is 21.9. The lowest BCUT2D eigenvalue weighted by atomic mass is 10.0. The van der Waals surface area contributed by atoms with E-state index in [1.807, 2.05) is 31.2 Å². The van der Waals surface area contributed by atoms with Crippen molar-refractivity contribution in [3.05, 3.63) is 107 Å². The number of aryl methyl sites for hydroxylation is 1. The number of hydrogen-bond donors (Lipinski definition) is 1. The molecule has 0 aromatic heterocycles. The number of carbonyl (C=O) groups is 4. The van der Waals surface area contributed by atoms with E-state index in [-0.39, 0.29) is 18.9 Å². The SMILES string of the molecule is COc1ccc([C@@H](C(=O)Nc2ccc3c(c2)OCO3)N(Cc2ccccc2C)C(=O)CN2C(=O)C(=O)c3ccccc32)cc1OC. The van der Waals surface area contributed by atoms with Crippen molar-refractivity contribution in [2.24, 2.45) is 0 Å². The van der Waals surface area contributed by atoms with Crippen LogP contribution in [0.4, 0.5) is 11.4 Å². The molecule has 1 N–H and O–H groups in total. The Kier molecular flexibility index (Phi) is 8.30. The van der Waals surface area contributed by atoms with Crippen LogP contribution in [0.2, 0.25) is 0 Å². The predicted molar refractivity (Wildman–Crippen MR) is 168 cm³/mol. The van der Waals surface area contributed by atoms with Crippen LogP contribution in [0.1, 0.15) is 33.1 Å². The number of anilines is 2. The molecule has 0 aliphatic carbocycles. The van der Waals surface area contributed by atoms with Gasteiger partial charge in [0.25, 0.3) is 17.6 Å². The van der Waals surface area contributed by atoms with Gasteiger partial charge in [0.1, 0.15) is 12.6 Å². The fourth-order valence-corrected chi connectivity index (χ4v) is 5.61. The Morgan fingerprint density at radius 2 is 1.63 bits per heavy atom. The highest BCUT2D eigenvalue weighted by Gasteiger charge is 2.40. The standard InChI is InChI=1S/C35H31N3O8/c1-21-8-4-5-9-23(21)18-38(31(39)19-37-26-11-7-6-10-25(26)33(40)35(37)42)32(22-12-14-27(43-2)29(16-22)44-3)34(41)36-24-13-15-28-30(17-24)46-20-45-28/h4-17,32H,18-20H2,1-3H3,(H,36,41)/t32-/m0/s1. The minimum atomic E-state index is -1.21. The van der Waals surface area contributed by atoms with E-state index in [2.05, 4.69) is 5.32 Å². The molecule has 2 heterocycles. The molecule has 0 spiro atoms. The van der Waals surface area contributed by atoms with Crippen LogP contribution >= 0.6 is 0 Å². The molecule has 2 aliphatic rings. The first-order valence-corrected chi connectivity index (χ1v) is 14.5. The number of nitrogens with zero attached hydrogens (tertiary/aromatic N) is 2. The fourth-order valence-electron chi connectivity index (χ4n) is 5.61. The van der Waals surface area contributed by atoms with Crippen LogP contribution in [0.3, 0.4) is 0 Å². The number of rotatable bonds is 10. The van der Waals surface area contributed by atoms with Gasteiger partial charge < -0.3 is 29.2 Å². The molecule has 0 saturated heterocycles. The summed E-state index contributed by atoms with van der Waals surface area (Å²) in [6.07, 6.45) is 0. The fraction of sp³-hybridized carbons (Fsp3) is 0.200. The third kappa shape index (κ3) is 5.70. The predicted octanol–water partition coefficient (Wildman–Crippen LogP) is 4.68. The molecule has 4 aromatic carbocycles. The number of nitrogens with one attached hydrogen (secondary N) is 1. The van der Waals surface area contributed by atoms with Gasteiger partial charge >= 0.3 is 0 Å². The van der Waals surface area contributed by atoms with Gasteiger partial charge in [-0.3, -0.25) is 24.1 Å². The lowest BCUT2D eigenvalue weighted by Crippen LogP contribution is -2.46. The second-order valence-electron chi connectivity index (χ2n) is 10.8. The minimum absolute atomic E-state index is 0.0245. The van der Waals surface area contributed by atoms with Crippen molar-refractivity contribution in [1.82, 2.24) is 4.90 Å². The topological polar surface area (TPSA) is 124 Å². The van der Waals surface area contributed by atoms with Crippen LogP contribution in [-0.4, -0.2) is 56.0 Å². The van der Waals surface area contributed by atoms with Crippen molar-refractivity contribution in [2.45, 2.75) is 19.5 Å². The zero-order chi connectivity index (χ0) is 32.4. The number of benzene rings is 4. The Labute approximate surface area is 265 Å². The van der Waals surface area contributed by atoms with Crippen molar-refractivity contribution in [3.63, 3.8) is 0 Å². The van der Waals surface area contributed by atoms with Gasteiger partial charge in [0.2, 0.25) is 12.7 Å². The molecule has 0 unspecified atom stereocenters. The van der Waals surface area contributed by atoms with E-state index >= 15 is 0 Å². The highest BCUT2D eigenvalue weighted by Crippen LogP contribution is 2.37. The van der Waals surface area contributed by atoms with Crippen molar-refractivity contribution < 1.29 is 38.1 Å². The van der Waals surface area contributed by atoms with Crippen LogP contribution in [-0.2, 0) is 20.9 Å². The van der Waals surface area contributed by atoms with Gasteiger partial charge in [0.05, 0.1) is 25.5 Å². The van der Waals surface area contributed by atoms with Gasteiger partial charge in [-0.1, -0.05) is 42.5 Å². The maximum Gasteiger partial charge on any atom is 0.299 e. The maximum absolute atomic E-state index is 14.4. The molecule has 234 valence electrons. The molecule has 0 saturated carbocycles. The molecule has 3 amide bonds. The van der Waals surface area contributed by atoms with E-state index < -0.39 is 36.1 Å². The number of ether oxygens (including phenoxy) is 4. The van der Waals surface area contributed by atoms with Crippen molar-refractivity contribution in [3.8, 4) is 23.0 Å². The van der Waals surface area contributed by atoms with Gasteiger partial charge in [-0.25, -0.2) is 0 Å². The average Bonchev–Trinajstić information content (AvgIpc) is 3.63. The highest BCUT2D eigenvalue weighted by atomic mass is 16.7. The summed E-state index contributed by atoms with van der Waals surface area (Å²) in [6, 6.07) is 22.8. The number of hydrogen-bond acceptors (Lipinski definition) is 8. The van der Waals surface area contributed by atoms with Crippen LogP contribution in [0.25, 0.3) is 0 Å². The van der Waals surface area contributed by atoms with Crippen molar-refractivity contribution >= 4 is 34.9 Å². The zero-order valence-electron chi connectivity index (χ0n) is 25.4. The Morgan fingerprint density at radius 1 is 0.891 bits per heavy atom. The molecule has 6 rings (SSSR count). The molecule has 1 atom stereocenters. The summed E-state index contributed by atoms with van der Waals surface area (Å²) in [7, 11) is 2.98. The van der Waals surface area contributed by atoms with Gasteiger partial charge in [-0.15, -0.1) is 0 Å². The molecule has 0 bridgehead atoms. The molecule has 2 aliphatic heterocycles. The van der Waals surface area contributed by atoms with Gasteiger partial charge in [0.15, 0.2) is 23.0 Å². The van der Waals surface area contributed by atoms with Crippen molar-refractivity contribution in [1.29, 1.82) is 0 Å². The number of methoxy groups -OCH3 is 2. The normalized spacial score (nSPS) is 13.7. The largest absolute Gasteiger partial charge is 0.493 e. The van der Waals surface area contributed by atoms with Crippen LogP contribution in [0.15, 0.2) is 84.9 Å². The molecule has 11 heteroatoms. The number of amides is 3. The van der Waals surface area contributed by atoms with Crippen LogP contribution in [0, 0.1) is 6.92 Å². The van der Waals surface area contributed by atoms with Crippen LogP contribution in [0.5, 0.6) is 23.0 Å². The quantitative estimate of drug-likeness (QED) is 0.253. The van der Waals surface area contributed by atoms with Crippen molar-refractivity contribution in [2.75, 3.05) is 37.8 Å². The lowest BCUT2D eigenvalue weighted by Gasteiger charge is -2.33. The van der Waals surface area contributed by atoms with Crippen LogP contribution < -0.4 is 29.2 Å². The maximum atomic E-state index is 14.4. The van der Waals surface area contributed by atoms with E-state index in [0.717, 1.165) is 16.0 Å². The molecule has 0 fully saturated rings. The Balaban J connectivity index is 1.43. The summed E-state index contributed by atoms with van der Waals surface area (Å²) in [4.78, 5) is 57.2. The highest BCUT2D eigenvalue weighted by molar-refractivity contribution is 6.52. The first-order chi connectivity index (χ1) is 22.3. The summed E-state index contributed by atoms with van der Waals surface area (Å²) in [5, 5.41) is 2.92. The van der Waals surface area contributed by atoms with E-state index in [0.29, 0.717) is 39.9 Å². The summed E-state index contributed by atoms with van der Waals surface area (Å²) in [5.41, 5.74) is 3.12. The van der Waals surface area contributed by atoms with Gasteiger partial charge in [-0.2, -0.15) is 0 Å². The summed E-state index contributed by atoms with van der Waals surface area (Å²) >= 11 is 0. The van der Waals surface area contributed by atoms with E-state index in [4.69, 9.17) is 18.9 Å². The molecule has 11 nitrogen and oxygen atoms in total. The first-order valence-electron chi connectivity index (χ1n) is 14.5. The number of fused-ring (bicyclic) bond motifs is 2. The number of carbonyl (C=O) groups excluding carboxylic acids is 4. The van der Waals surface area contributed by atoms with Gasteiger partial charge in [-0.05, 0) is 60.0 Å². The average molecular weight is 622 g/mol.